The van der Waals surface area contributed by atoms with E-state index in [0.717, 1.165) is 71.0 Å². The molecule has 3 atom stereocenters. The van der Waals surface area contributed by atoms with Crippen LogP contribution in [0.5, 0.6) is 0 Å². The number of alkyl carbamates (subject to hydrolysis) is 1. The summed E-state index contributed by atoms with van der Waals surface area (Å²) >= 11 is 0. The number of piperidine rings is 1. The largest absolute Gasteiger partial charge is 0.449 e. The average molecular weight is 987 g/mol. The lowest BCUT2D eigenvalue weighted by Gasteiger charge is -2.49. The standard InChI is InChI=1S/C58H63FN8O6/c1-35-31-67(56(70)73-57(3,4)5)36(2)30-66(35)40-24-27-65(28-25-40)54-62-50-22-15-37(48-32-64(6)53(68)51-46(48)23-26-60-51)29-47(50)52(63-54)58(72-41-20-21-41,38-16-18-39(59)19-17-38)34-61-55(69)71-33-49-44-13-9-7-11-42(44)43-12-8-10-14-45(43)49/h7-19,22-23,26,29,32,35-36,40-41,49,60H,20-21,24-25,27-28,30-31,33-34H2,1-6H3,(H,61,69)/t35-,36+,58?/m0/s1. The first-order chi connectivity index (χ1) is 35.1. The number of fused-ring (bicyclic) bond motifs is 5. The van der Waals surface area contributed by atoms with Gasteiger partial charge < -0.3 is 38.9 Å². The Kier molecular flexibility index (Phi) is 12.6. The second-order valence-corrected chi connectivity index (χ2v) is 21.4. The second kappa shape index (κ2) is 19.1. The fourth-order valence-electron chi connectivity index (χ4n) is 11.4. The molecular weight excluding hydrogens is 924 g/mol. The minimum absolute atomic E-state index is 0.0115. The molecule has 3 aromatic heterocycles. The SMILES string of the molecule is C[C@@H]1CN(C2CCN(c3nc(C(CNC(=O)OCC4c5ccccc5-c5ccccc54)(OC4CC4)c4ccc(F)cc4)c4cc(-c5cn(C)c(=O)c6[nH]ccc56)ccc4n3)CC2)[C@@H](C)CN1C(=O)OC(C)(C)C. The number of aromatic amines is 1. The molecular formula is C58H63FN8O6. The van der Waals surface area contributed by atoms with Crippen LogP contribution in [0.1, 0.15) is 88.6 Å². The molecule has 11 rings (SSSR count). The zero-order valence-corrected chi connectivity index (χ0v) is 42.4. The van der Waals surface area contributed by atoms with Gasteiger partial charge in [0.1, 0.15) is 23.5 Å². The fraction of sp³-hybridized carbons (Fsp3) is 0.397. The number of ether oxygens (including phenoxy) is 3. The summed E-state index contributed by atoms with van der Waals surface area (Å²) in [7, 11) is 1.74. The molecule has 7 aromatic rings. The number of amides is 2. The van der Waals surface area contributed by atoms with Crippen molar-refractivity contribution < 1.29 is 28.2 Å². The van der Waals surface area contributed by atoms with Gasteiger partial charge in [0.2, 0.25) is 5.95 Å². The highest BCUT2D eigenvalue weighted by atomic mass is 19.1. The van der Waals surface area contributed by atoms with Gasteiger partial charge in [-0.05, 0) is 124 Å². The maximum absolute atomic E-state index is 15.0. The fourth-order valence-corrected chi connectivity index (χ4v) is 11.4. The van der Waals surface area contributed by atoms with Crippen LogP contribution >= 0.6 is 0 Å². The molecule has 0 radical (unpaired) electrons. The van der Waals surface area contributed by atoms with Crippen LogP contribution in [-0.2, 0) is 26.9 Å². The minimum Gasteiger partial charge on any atom is -0.449 e. The van der Waals surface area contributed by atoms with E-state index in [9.17, 15) is 18.8 Å². The van der Waals surface area contributed by atoms with Gasteiger partial charge in [-0.25, -0.2) is 23.9 Å². The lowest BCUT2D eigenvalue weighted by Crippen LogP contribution is -2.62. The highest BCUT2D eigenvalue weighted by Crippen LogP contribution is 2.46. The molecule has 1 unspecified atom stereocenters. The number of anilines is 1. The quantitative estimate of drug-likeness (QED) is 0.128. The lowest BCUT2D eigenvalue weighted by atomic mass is 9.86. The number of hydrogen-bond donors (Lipinski definition) is 2. The Bertz CT molecular complexity index is 3240. The topological polar surface area (TPSA) is 147 Å². The Morgan fingerprint density at radius 3 is 2.21 bits per heavy atom. The molecule has 2 saturated heterocycles. The van der Waals surface area contributed by atoms with E-state index in [0.29, 0.717) is 53.3 Å². The number of nitrogens with zero attached hydrogens (tertiary/aromatic N) is 6. The van der Waals surface area contributed by atoms with Crippen LogP contribution in [0.3, 0.4) is 0 Å². The van der Waals surface area contributed by atoms with Crippen LogP contribution in [0, 0.1) is 5.82 Å². The number of hydrogen-bond acceptors (Lipinski definition) is 10. The molecule has 2 N–H and O–H groups in total. The van der Waals surface area contributed by atoms with E-state index in [1.54, 1.807) is 29.9 Å². The summed E-state index contributed by atoms with van der Waals surface area (Å²) in [5.41, 5.74) is 6.26. The summed E-state index contributed by atoms with van der Waals surface area (Å²) in [6, 6.07) is 31.0. The molecule has 378 valence electrons. The number of aromatic nitrogens is 4. The van der Waals surface area contributed by atoms with Crippen molar-refractivity contribution in [3.63, 3.8) is 0 Å². The van der Waals surface area contributed by atoms with Crippen molar-refractivity contribution >= 4 is 39.9 Å². The zero-order valence-electron chi connectivity index (χ0n) is 42.4. The molecule has 73 heavy (non-hydrogen) atoms. The Labute approximate surface area is 424 Å². The van der Waals surface area contributed by atoms with Gasteiger partial charge in [-0.2, -0.15) is 0 Å². The number of nitrogens with one attached hydrogen (secondary N) is 2. The third-order valence-electron chi connectivity index (χ3n) is 15.2. The number of rotatable bonds is 11. The molecule has 3 fully saturated rings. The Morgan fingerprint density at radius 2 is 1.52 bits per heavy atom. The number of aryl methyl sites for hydroxylation is 1. The number of H-pyrrole nitrogens is 1. The van der Waals surface area contributed by atoms with E-state index in [-0.39, 0.29) is 55.0 Å². The summed E-state index contributed by atoms with van der Waals surface area (Å²) in [6.07, 6.45) is 5.85. The van der Waals surface area contributed by atoms with E-state index in [2.05, 4.69) is 58.2 Å². The van der Waals surface area contributed by atoms with Gasteiger partial charge in [0.25, 0.3) is 5.56 Å². The molecule has 4 aliphatic rings. The molecule has 1 saturated carbocycles. The van der Waals surface area contributed by atoms with Crippen LogP contribution in [0.2, 0.25) is 0 Å². The van der Waals surface area contributed by atoms with Crippen LogP contribution in [0.25, 0.3) is 44.1 Å². The molecule has 2 aliphatic carbocycles. The van der Waals surface area contributed by atoms with Gasteiger partial charge in [0.15, 0.2) is 5.60 Å². The molecule has 5 heterocycles. The van der Waals surface area contributed by atoms with Crippen molar-refractivity contribution in [3.8, 4) is 22.3 Å². The predicted molar refractivity (Wildman–Crippen MR) is 280 cm³/mol. The normalized spacial score (nSPS) is 19.4. The second-order valence-electron chi connectivity index (χ2n) is 21.4. The van der Waals surface area contributed by atoms with E-state index in [1.807, 2.05) is 80.4 Å². The molecule has 0 bridgehead atoms. The van der Waals surface area contributed by atoms with Gasteiger partial charge in [-0.15, -0.1) is 0 Å². The molecule has 15 heteroatoms. The smallest absolute Gasteiger partial charge is 0.410 e. The number of benzene rings is 4. The number of piperazine rings is 1. The Morgan fingerprint density at radius 1 is 0.822 bits per heavy atom. The Balaban J connectivity index is 0.954. The molecule has 2 aliphatic heterocycles. The van der Waals surface area contributed by atoms with Gasteiger partial charge >= 0.3 is 12.2 Å². The van der Waals surface area contributed by atoms with Crippen molar-refractivity contribution in [3.05, 3.63) is 148 Å². The zero-order chi connectivity index (χ0) is 50.8. The Hall–Kier alpha value is -7.10. The van der Waals surface area contributed by atoms with Crippen LogP contribution in [0.15, 0.2) is 114 Å². The third kappa shape index (κ3) is 9.33. The van der Waals surface area contributed by atoms with Crippen LogP contribution in [0.4, 0.5) is 19.9 Å². The van der Waals surface area contributed by atoms with Gasteiger partial charge in [0, 0.05) is 86.0 Å². The van der Waals surface area contributed by atoms with Gasteiger partial charge in [-0.3, -0.25) is 9.69 Å². The predicted octanol–water partition coefficient (Wildman–Crippen LogP) is 9.88. The lowest BCUT2D eigenvalue weighted by molar-refractivity contribution is -0.0314. The summed E-state index contributed by atoms with van der Waals surface area (Å²) in [4.78, 5) is 61.2. The molecule has 4 aromatic carbocycles. The van der Waals surface area contributed by atoms with E-state index < -0.39 is 23.1 Å². The number of carbonyl (C=O) groups excluding carboxylic acids is 2. The summed E-state index contributed by atoms with van der Waals surface area (Å²) in [6.45, 7) is 12.7. The first-order valence-electron chi connectivity index (χ1n) is 25.7. The summed E-state index contributed by atoms with van der Waals surface area (Å²) < 4.78 is 35.7. The van der Waals surface area contributed by atoms with Crippen molar-refractivity contribution in [1.82, 2.24) is 34.6 Å². The number of pyridine rings is 1. The van der Waals surface area contributed by atoms with Gasteiger partial charge in [-0.1, -0.05) is 66.7 Å². The van der Waals surface area contributed by atoms with Crippen molar-refractivity contribution in [1.29, 1.82) is 0 Å². The van der Waals surface area contributed by atoms with Crippen LogP contribution < -0.4 is 15.8 Å². The molecule has 14 nitrogen and oxygen atoms in total. The highest BCUT2D eigenvalue weighted by molar-refractivity contribution is 5.97. The minimum atomic E-state index is -1.44. The van der Waals surface area contributed by atoms with Crippen LogP contribution in [-0.4, -0.2) is 111 Å². The molecule has 2 amide bonds. The molecule has 0 spiro atoms. The van der Waals surface area contributed by atoms with E-state index in [4.69, 9.17) is 24.2 Å². The van der Waals surface area contributed by atoms with Crippen molar-refractivity contribution in [2.45, 2.75) is 102 Å². The first-order valence-corrected chi connectivity index (χ1v) is 25.7. The average Bonchev–Trinajstić information content (AvgIpc) is 3.95. The number of halogens is 1. The first kappa shape index (κ1) is 48.2. The summed E-state index contributed by atoms with van der Waals surface area (Å²) in [5.74, 6) is -0.0322. The maximum atomic E-state index is 15.0. The highest BCUT2D eigenvalue weighted by Gasteiger charge is 2.46. The van der Waals surface area contributed by atoms with E-state index in [1.165, 1.54) is 12.1 Å². The summed E-state index contributed by atoms with van der Waals surface area (Å²) in [5, 5.41) is 4.57. The van der Waals surface area contributed by atoms with Crippen molar-refractivity contribution in [2.75, 3.05) is 44.2 Å². The third-order valence-corrected chi connectivity index (χ3v) is 15.2. The van der Waals surface area contributed by atoms with Crippen molar-refractivity contribution in [2.24, 2.45) is 7.05 Å². The van der Waals surface area contributed by atoms with E-state index >= 15 is 0 Å². The number of carbonyl (C=O) groups is 2. The maximum Gasteiger partial charge on any atom is 0.410 e. The van der Waals surface area contributed by atoms with Gasteiger partial charge in [0.05, 0.1) is 23.9 Å². The monoisotopic (exact) mass is 986 g/mol.